The Kier molecular flexibility index (Phi) is 4.77. The number of nitrogens with zero attached hydrogens (tertiary/aromatic N) is 1. The lowest BCUT2D eigenvalue weighted by molar-refractivity contribution is 0.100. The number of halogens is 1. The molecule has 0 bridgehead atoms. The van der Waals surface area contributed by atoms with Crippen LogP contribution in [-0.4, -0.2) is 10.9 Å². The average molecular weight is 338 g/mol. The van der Waals surface area contributed by atoms with Crippen LogP contribution in [0.2, 0.25) is 5.02 Å². The lowest BCUT2D eigenvalue weighted by Crippen LogP contribution is -2.14. The molecule has 0 radical (unpaired) electrons. The van der Waals surface area contributed by atoms with E-state index in [1.54, 1.807) is 12.3 Å². The van der Waals surface area contributed by atoms with Crippen molar-refractivity contribution < 1.29 is 4.79 Å². The van der Waals surface area contributed by atoms with Gasteiger partial charge in [-0.25, -0.2) is 0 Å². The molecule has 0 saturated heterocycles. The Bertz CT molecular complexity index is 862. The number of hydrogen-bond acceptors (Lipinski definition) is 3. The highest BCUT2D eigenvalue weighted by Gasteiger charge is 2.09. The van der Waals surface area contributed by atoms with Crippen LogP contribution in [0.3, 0.4) is 0 Å². The molecular formula is C19H16ClN3O. The molecule has 120 valence electrons. The normalized spacial score (nSPS) is 10.4. The van der Waals surface area contributed by atoms with Gasteiger partial charge in [-0.2, -0.15) is 0 Å². The zero-order valence-electron chi connectivity index (χ0n) is 12.9. The summed E-state index contributed by atoms with van der Waals surface area (Å²) in [7, 11) is 0. The van der Waals surface area contributed by atoms with Crippen molar-refractivity contribution in [3.8, 4) is 11.1 Å². The van der Waals surface area contributed by atoms with Crippen molar-refractivity contribution in [1.82, 2.24) is 4.98 Å². The first-order valence-electron chi connectivity index (χ1n) is 7.46. The van der Waals surface area contributed by atoms with Gasteiger partial charge in [-0.05, 0) is 34.9 Å². The van der Waals surface area contributed by atoms with E-state index in [0.717, 1.165) is 16.7 Å². The second-order valence-corrected chi connectivity index (χ2v) is 5.74. The Morgan fingerprint density at radius 3 is 2.58 bits per heavy atom. The number of primary amides is 1. The van der Waals surface area contributed by atoms with Crippen LogP contribution in [0.25, 0.3) is 11.1 Å². The number of benzene rings is 2. The second-order valence-electron chi connectivity index (χ2n) is 5.30. The maximum absolute atomic E-state index is 11.5. The lowest BCUT2D eigenvalue weighted by atomic mass is 9.99. The van der Waals surface area contributed by atoms with Crippen molar-refractivity contribution in [3.05, 3.63) is 83.1 Å². The number of amides is 1. The van der Waals surface area contributed by atoms with E-state index < -0.39 is 5.91 Å². The molecule has 3 N–H and O–H groups in total. The van der Waals surface area contributed by atoms with Crippen LogP contribution in [0, 0.1) is 0 Å². The number of carbonyl (C=O) groups is 1. The SMILES string of the molecule is NC(=O)c1cnccc1NCc1ccccc1-c1ccc(Cl)cc1. The predicted octanol–water partition coefficient (Wildman–Crippen LogP) is 4.11. The van der Waals surface area contributed by atoms with E-state index in [0.29, 0.717) is 22.8 Å². The molecule has 1 heterocycles. The molecule has 1 amide bonds. The summed E-state index contributed by atoms with van der Waals surface area (Å²) in [6, 6.07) is 17.5. The van der Waals surface area contributed by atoms with Crippen LogP contribution < -0.4 is 11.1 Å². The van der Waals surface area contributed by atoms with Gasteiger partial charge in [0.15, 0.2) is 0 Å². The monoisotopic (exact) mass is 337 g/mol. The fourth-order valence-corrected chi connectivity index (χ4v) is 2.65. The molecule has 0 spiro atoms. The summed E-state index contributed by atoms with van der Waals surface area (Å²) in [5.74, 6) is -0.503. The van der Waals surface area contributed by atoms with E-state index >= 15 is 0 Å². The van der Waals surface area contributed by atoms with Gasteiger partial charge in [0, 0.05) is 24.0 Å². The Balaban J connectivity index is 1.87. The molecule has 0 aliphatic heterocycles. The van der Waals surface area contributed by atoms with Gasteiger partial charge in [0.1, 0.15) is 0 Å². The fourth-order valence-electron chi connectivity index (χ4n) is 2.52. The van der Waals surface area contributed by atoms with Crippen LogP contribution in [0.4, 0.5) is 5.69 Å². The number of nitrogens with two attached hydrogens (primary N) is 1. The zero-order valence-corrected chi connectivity index (χ0v) is 13.6. The molecule has 3 aromatic rings. The predicted molar refractivity (Wildman–Crippen MR) is 97.0 cm³/mol. The molecule has 0 aliphatic carbocycles. The van der Waals surface area contributed by atoms with Crippen LogP contribution in [0.15, 0.2) is 67.0 Å². The van der Waals surface area contributed by atoms with Crippen molar-refractivity contribution in [2.24, 2.45) is 5.73 Å². The van der Waals surface area contributed by atoms with E-state index in [4.69, 9.17) is 17.3 Å². The quantitative estimate of drug-likeness (QED) is 0.736. The zero-order chi connectivity index (χ0) is 16.9. The number of nitrogens with one attached hydrogen (secondary N) is 1. The van der Waals surface area contributed by atoms with E-state index in [-0.39, 0.29) is 0 Å². The Morgan fingerprint density at radius 2 is 1.83 bits per heavy atom. The first kappa shape index (κ1) is 16.0. The second kappa shape index (κ2) is 7.15. The van der Waals surface area contributed by atoms with Crippen molar-refractivity contribution in [2.45, 2.75) is 6.54 Å². The van der Waals surface area contributed by atoms with Gasteiger partial charge in [-0.3, -0.25) is 9.78 Å². The van der Waals surface area contributed by atoms with Crippen molar-refractivity contribution in [2.75, 3.05) is 5.32 Å². The highest BCUT2D eigenvalue weighted by atomic mass is 35.5. The molecule has 24 heavy (non-hydrogen) atoms. The Labute approximate surface area is 145 Å². The molecule has 2 aromatic carbocycles. The van der Waals surface area contributed by atoms with Crippen LogP contribution in [0.1, 0.15) is 15.9 Å². The largest absolute Gasteiger partial charge is 0.380 e. The third-order valence-electron chi connectivity index (χ3n) is 3.73. The molecule has 0 atom stereocenters. The third kappa shape index (κ3) is 3.55. The topological polar surface area (TPSA) is 68.0 Å². The average Bonchev–Trinajstić information content (AvgIpc) is 2.61. The molecule has 0 saturated carbocycles. The van der Waals surface area contributed by atoms with Gasteiger partial charge in [0.05, 0.1) is 11.3 Å². The lowest BCUT2D eigenvalue weighted by Gasteiger charge is -2.13. The summed E-state index contributed by atoms with van der Waals surface area (Å²) in [4.78, 5) is 15.4. The van der Waals surface area contributed by atoms with E-state index in [1.165, 1.54) is 6.20 Å². The van der Waals surface area contributed by atoms with Crippen LogP contribution in [-0.2, 0) is 6.54 Å². The first-order chi connectivity index (χ1) is 11.6. The van der Waals surface area contributed by atoms with Gasteiger partial charge in [-0.15, -0.1) is 0 Å². The number of carbonyl (C=O) groups excluding carboxylic acids is 1. The molecule has 0 unspecified atom stereocenters. The summed E-state index contributed by atoms with van der Waals surface area (Å²) >= 11 is 5.97. The Hall–Kier alpha value is -2.85. The highest BCUT2D eigenvalue weighted by Crippen LogP contribution is 2.26. The standard InChI is InChI=1S/C19H16ClN3O/c20-15-7-5-13(6-8-15)16-4-2-1-3-14(16)11-23-18-9-10-22-12-17(18)19(21)24/h1-10,12H,11H2,(H2,21,24)(H,22,23). The number of anilines is 1. The minimum Gasteiger partial charge on any atom is -0.380 e. The van der Waals surface area contributed by atoms with Gasteiger partial charge in [0.25, 0.3) is 5.91 Å². The highest BCUT2D eigenvalue weighted by molar-refractivity contribution is 6.30. The molecule has 0 aliphatic rings. The molecular weight excluding hydrogens is 322 g/mol. The van der Waals surface area contributed by atoms with E-state index in [1.807, 2.05) is 42.5 Å². The van der Waals surface area contributed by atoms with Gasteiger partial charge >= 0.3 is 0 Å². The number of aromatic nitrogens is 1. The minimum absolute atomic E-state index is 0.376. The maximum Gasteiger partial charge on any atom is 0.252 e. The third-order valence-corrected chi connectivity index (χ3v) is 3.98. The molecule has 3 rings (SSSR count). The minimum atomic E-state index is -0.503. The number of pyridine rings is 1. The molecule has 4 nitrogen and oxygen atoms in total. The van der Waals surface area contributed by atoms with Gasteiger partial charge < -0.3 is 11.1 Å². The Morgan fingerprint density at radius 1 is 1.08 bits per heavy atom. The maximum atomic E-state index is 11.5. The van der Waals surface area contributed by atoms with E-state index in [9.17, 15) is 4.79 Å². The van der Waals surface area contributed by atoms with Gasteiger partial charge in [-0.1, -0.05) is 48.0 Å². The smallest absolute Gasteiger partial charge is 0.252 e. The summed E-state index contributed by atoms with van der Waals surface area (Å²) < 4.78 is 0. The number of hydrogen-bond donors (Lipinski definition) is 2. The molecule has 0 fully saturated rings. The molecule has 5 heteroatoms. The first-order valence-corrected chi connectivity index (χ1v) is 7.84. The summed E-state index contributed by atoms with van der Waals surface area (Å²) in [5.41, 5.74) is 9.73. The summed E-state index contributed by atoms with van der Waals surface area (Å²) in [5, 5.41) is 3.97. The van der Waals surface area contributed by atoms with Crippen molar-refractivity contribution in [3.63, 3.8) is 0 Å². The van der Waals surface area contributed by atoms with Crippen molar-refractivity contribution >= 4 is 23.2 Å². The molecule has 1 aromatic heterocycles. The summed E-state index contributed by atoms with van der Waals surface area (Å²) in [6.45, 7) is 0.559. The van der Waals surface area contributed by atoms with Crippen LogP contribution in [0.5, 0.6) is 0 Å². The van der Waals surface area contributed by atoms with Crippen molar-refractivity contribution in [1.29, 1.82) is 0 Å². The number of rotatable bonds is 5. The summed E-state index contributed by atoms with van der Waals surface area (Å²) in [6.07, 6.45) is 3.09. The van der Waals surface area contributed by atoms with Crippen LogP contribution >= 0.6 is 11.6 Å². The van der Waals surface area contributed by atoms with E-state index in [2.05, 4.69) is 16.4 Å². The van der Waals surface area contributed by atoms with Gasteiger partial charge in [0.2, 0.25) is 0 Å². The fraction of sp³-hybridized carbons (Fsp3) is 0.0526.